The summed E-state index contributed by atoms with van der Waals surface area (Å²) in [5.41, 5.74) is 0.301. The fourth-order valence-corrected chi connectivity index (χ4v) is 2.14. The summed E-state index contributed by atoms with van der Waals surface area (Å²) in [5, 5.41) is 20.5. The van der Waals surface area contributed by atoms with Crippen molar-refractivity contribution in [3.8, 4) is 0 Å². The topological polar surface area (TPSA) is 66.8 Å². The highest BCUT2D eigenvalue weighted by molar-refractivity contribution is 5.83. The van der Waals surface area contributed by atoms with Gasteiger partial charge in [0.1, 0.15) is 0 Å². The van der Waals surface area contributed by atoms with Gasteiger partial charge in [-0.2, -0.15) is 0 Å². The van der Waals surface area contributed by atoms with Gasteiger partial charge in [0.05, 0.1) is 17.8 Å². The molecule has 0 saturated heterocycles. The molecule has 1 rings (SSSR count). The Morgan fingerprint density at radius 3 is 2.29 bits per heavy atom. The lowest BCUT2D eigenvalue weighted by molar-refractivity contribution is -0.137. The van der Waals surface area contributed by atoms with Crippen LogP contribution in [0.4, 0.5) is 0 Å². The van der Waals surface area contributed by atoms with Gasteiger partial charge in [-0.05, 0) is 64.2 Å². The van der Waals surface area contributed by atoms with Crippen molar-refractivity contribution in [3.63, 3.8) is 0 Å². The van der Waals surface area contributed by atoms with E-state index < -0.39 is 11.2 Å². The van der Waals surface area contributed by atoms with Crippen LogP contribution < -0.4 is 0 Å². The van der Waals surface area contributed by atoms with Gasteiger partial charge >= 0.3 is 5.97 Å². The van der Waals surface area contributed by atoms with Gasteiger partial charge in [0, 0.05) is 6.08 Å². The lowest BCUT2D eigenvalue weighted by Crippen LogP contribution is -2.25. The lowest BCUT2D eigenvalue weighted by Gasteiger charge is -2.24. The second-order valence-electron chi connectivity index (χ2n) is 6.36. The maximum absolute atomic E-state index is 11.6. The number of esters is 1. The van der Waals surface area contributed by atoms with Gasteiger partial charge in [0.25, 0.3) is 0 Å². The fourth-order valence-electron chi connectivity index (χ4n) is 2.14. The molecule has 1 aliphatic rings. The van der Waals surface area contributed by atoms with E-state index in [0.29, 0.717) is 25.0 Å². The average Bonchev–Trinajstić information content (AvgIpc) is 2.50. The highest BCUT2D eigenvalue weighted by Gasteiger charge is 2.26. The predicted octanol–water partition coefficient (Wildman–Crippen LogP) is 2.66. The number of carbonyl (C=O) groups excluding carboxylic acids is 1. The molecule has 0 atom stereocenters. The highest BCUT2D eigenvalue weighted by Crippen LogP contribution is 2.32. The van der Waals surface area contributed by atoms with E-state index in [-0.39, 0.29) is 5.97 Å². The summed E-state index contributed by atoms with van der Waals surface area (Å²) in [6.07, 6.45) is 6.33. The van der Waals surface area contributed by atoms with Gasteiger partial charge in [-0.1, -0.05) is 12.2 Å². The van der Waals surface area contributed by atoms with Crippen LogP contribution in [0, 0.1) is 0 Å². The van der Waals surface area contributed by atoms with Gasteiger partial charge in [-0.15, -0.1) is 0 Å². The molecule has 2 N–H and O–H groups in total. The van der Waals surface area contributed by atoms with Crippen molar-refractivity contribution in [1.29, 1.82) is 0 Å². The lowest BCUT2D eigenvalue weighted by atomic mass is 9.90. The molecule has 4 nitrogen and oxygen atoms in total. The van der Waals surface area contributed by atoms with E-state index in [1.54, 1.807) is 40.7 Å². The molecule has 0 aromatic heterocycles. The quantitative estimate of drug-likeness (QED) is 0.618. The summed E-state index contributed by atoms with van der Waals surface area (Å²) in [6.45, 7) is 8.91. The number of hydrogen-bond donors (Lipinski definition) is 2. The molecule has 0 bridgehead atoms. The van der Waals surface area contributed by atoms with Crippen molar-refractivity contribution in [3.05, 3.63) is 34.9 Å². The van der Waals surface area contributed by atoms with Crippen molar-refractivity contribution in [2.24, 2.45) is 0 Å². The second kappa shape index (κ2) is 6.58. The van der Waals surface area contributed by atoms with Crippen LogP contribution in [-0.2, 0) is 9.53 Å². The number of aliphatic hydroxyl groups is 2. The first-order valence-electron chi connectivity index (χ1n) is 7.29. The van der Waals surface area contributed by atoms with E-state index in [0.717, 1.165) is 11.1 Å². The minimum Gasteiger partial charge on any atom is -0.463 e. The summed E-state index contributed by atoms with van der Waals surface area (Å²) in [5.74, 6) is -0.384. The number of carbonyl (C=O) groups is 1. The van der Waals surface area contributed by atoms with Crippen LogP contribution in [0.1, 0.15) is 47.5 Å². The monoisotopic (exact) mass is 294 g/mol. The summed E-state index contributed by atoms with van der Waals surface area (Å²) in [6, 6.07) is 0. The Balaban J connectivity index is 3.17. The van der Waals surface area contributed by atoms with E-state index in [4.69, 9.17) is 4.74 Å². The molecule has 0 spiro atoms. The van der Waals surface area contributed by atoms with Crippen LogP contribution in [0.2, 0.25) is 0 Å². The van der Waals surface area contributed by atoms with Crippen LogP contribution in [0.25, 0.3) is 0 Å². The molecule has 0 heterocycles. The van der Waals surface area contributed by atoms with E-state index in [2.05, 4.69) is 0 Å². The maximum atomic E-state index is 11.6. The first-order valence-corrected chi connectivity index (χ1v) is 7.29. The Morgan fingerprint density at radius 2 is 1.81 bits per heavy atom. The Morgan fingerprint density at radius 1 is 1.19 bits per heavy atom. The fraction of sp³-hybridized carbons (Fsp3) is 0.588. The molecule has 0 unspecified atom stereocenters. The zero-order valence-electron chi connectivity index (χ0n) is 13.6. The summed E-state index contributed by atoms with van der Waals surface area (Å²) in [4.78, 5) is 11.6. The normalized spacial score (nSPS) is 18.9. The third-order valence-corrected chi connectivity index (χ3v) is 3.44. The van der Waals surface area contributed by atoms with Gasteiger partial charge in [-0.25, -0.2) is 4.79 Å². The third-order valence-electron chi connectivity index (χ3n) is 3.44. The van der Waals surface area contributed by atoms with E-state index >= 15 is 0 Å². The van der Waals surface area contributed by atoms with Gasteiger partial charge in [-0.3, -0.25) is 0 Å². The van der Waals surface area contributed by atoms with E-state index in [1.165, 1.54) is 6.08 Å². The Bertz CT molecular complexity index is 482. The predicted molar refractivity (Wildman–Crippen MR) is 82.7 cm³/mol. The molecular weight excluding hydrogens is 268 g/mol. The highest BCUT2D eigenvalue weighted by atomic mass is 16.5. The van der Waals surface area contributed by atoms with Crippen LogP contribution in [0.3, 0.4) is 0 Å². The van der Waals surface area contributed by atoms with Crippen LogP contribution >= 0.6 is 0 Å². The average molecular weight is 294 g/mol. The molecule has 0 aliphatic heterocycles. The second-order valence-corrected chi connectivity index (χ2v) is 6.36. The number of allylic oxidation sites excluding steroid dienone is 2. The Kier molecular flexibility index (Phi) is 5.54. The smallest absolute Gasteiger partial charge is 0.331 e. The number of ether oxygens (including phenoxy) is 1. The SMILES string of the molecule is CCOC(=O)/C=C1\C=C(C(C)(C)O)C=C(C(C)(C)O)CC1. The molecular formula is C17H26O4. The molecule has 0 fully saturated rings. The molecule has 118 valence electrons. The maximum Gasteiger partial charge on any atom is 0.331 e. The van der Waals surface area contributed by atoms with Crippen molar-refractivity contribution >= 4 is 5.97 Å². The zero-order valence-corrected chi connectivity index (χ0v) is 13.6. The third kappa shape index (κ3) is 5.48. The van der Waals surface area contributed by atoms with Crippen LogP contribution in [-0.4, -0.2) is 34.0 Å². The van der Waals surface area contributed by atoms with Gasteiger partial charge < -0.3 is 14.9 Å². The first-order chi connectivity index (χ1) is 9.54. The van der Waals surface area contributed by atoms with Crippen molar-refractivity contribution < 1.29 is 19.7 Å². The Hall–Kier alpha value is -1.39. The molecule has 4 heteroatoms. The molecule has 0 aromatic carbocycles. The molecule has 0 amide bonds. The van der Waals surface area contributed by atoms with Gasteiger partial charge in [0.2, 0.25) is 0 Å². The molecule has 21 heavy (non-hydrogen) atoms. The summed E-state index contributed by atoms with van der Waals surface area (Å²) >= 11 is 0. The standard InChI is InChI=1S/C17H26O4/c1-6-21-15(18)10-12-7-8-13(16(2,3)19)11-14(9-12)17(4,5)20/h9-11,19-20H,6-8H2,1-5H3/b12-10-. The molecule has 0 radical (unpaired) electrons. The summed E-state index contributed by atoms with van der Waals surface area (Å²) < 4.78 is 4.93. The van der Waals surface area contributed by atoms with Crippen molar-refractivity contribution in [1.82, 2.24) is 0 Å². The van der Waals surface area contributed by atoms with Crippen LogP contribution in [0.15, 0.2) is 34.9 Å². The number of hydrogen-bond acceptors (Lipinski definition) is 4. The minimum absolute atomic E-state index is 0.331. The van der Waals surface area contributed by atoms with E-state index in [9.17, 15) is 15.0 Å². The first kappa shape index (κ1) is 17.7. The molecule has 0 saturated carbocycles. The number of rotatable bonds is 4. The summed E-state index contributed by atoms with van der Waals surface area (Å²) in [7, 11) is 0. The van der Waals surface area contributed by atoms with E-state index in [1.807, 2.05) is 6.08 Å². The molecule has 1 aliphatic carbocycles. The minimum atomic E-state index is -1.05. The zero-order chi connectivity index (χ0) is 16.3. The largest absolute Gasteiger partial charge is 0.463 e. The van der Waals surface area contributed by atoms with Crippen molar-refractivity contribution in [2.45, 2.75) is 58.7 Å². The van der Waals surface area contributed by atoms with Gasteiger partial charge in [0.15, 0.2) is 0 Å². The van der Waals surface area contributed by atoms with Crippen LogP contribution in [0.5, 0.6) is 0 Å². The Labute approximate surface area is 126 Å². The molecule has 0 aromatic rings. The van der Waals surface area contributed by atoms with Crippen molar-refractivity contribution in [2.75, 3.05) is 6.61 Å².